The summed E-state index contributed by atoms with van der Waals surface area (Å²) in [5.74, 6) is 0.940. The molecule has 0 aliphatic carbocycles. The lowest BCUT2D eigenvalue weighted by Gasteiger charge is -2.32. The van der Waals surface area contributed by atoms with E-state index in [0.29, 0.717) is 11.7 Å². The molecule has 1 saturated heterocycles. The van der Waals surface area contributed by atoms with Crippen LogP contribution < -0.4 is 0 Å². The third-order valence-corrected chi connectivity index (χ3v) is 2.28. The summed E-state index contributed by atoms with van der Waals surface area (Å²) in [5.41, 5.74) is 0. The zero-order valence-electron chi connectivity index (χ0n) is 6.92. The number of nitrogens with zero attached hydrogens (tertiary/aromatic N) is 1. The van der Waals surface area contributed by atoms with Crippen molar-refractivity contribution in [1.29, 1.82) is 0 Å². The molecule has 1 aliphatic heterocycles. The van der Waals surface area contributed by atoms with Crippen LogP contribution in [0.5, 0.6) is 0 Å². The highest BCUT2D eigenvalue weighted by Gasteiger charge is 2.26. The molecule has 0 saturated carbocycles. The Morgan fingerprint density at radius 1 is 1.50 bits per heavy atom. The molecule has 1 fully saturated rings. The first-order valence-corrected chi connectivity index (χ1v) is 3.84. The Kier molecular flexibility index (Phi) is 2.09. The van der Waals surface area contributed by atoms with E-state index < -0.39 is 0 Å². The molecule has 0 amide bonds. The first-order valence-electron chi connectivity index (χ1n) is 3.84. The zero-order valence-corrected chi connectivity index (χ0v) is 6.92. The summed E-state index contributed by atoms with van der Waals surface area (Å²) in [6, 6.07) is 0.149. The minimum Gasteiger partial charge on any atom is -0.298 e. The summed E-state index contributed by atoms with van der Waals surface area (Å²) in [7, 11) is 2.01. The van der Waals surface area contributed by atoms with E-state index in [2.05, 4.69) is 11.8 Å². The van der Waals surface area contributed by atoms with Crippen LogP contribution in [-0.2, 0) is 4.79 Å². The number of rotatable bonds is 0. The van der Waals surface area contributed by atoms with Crippen LogP contribution in [0.1, 0.15) is 20.3 Å². The molecule has 0 bridgehead atoms. The molecule has 2 unspecified atom stereocenters. The van der Waals surface area contributed by atoms with Crippen LogP contribution in [0.2, 0.25) is 0 Å². The van der Waals surface area contributed by atoms with Crippen LogP contribution in [-0.4, -0.2) is 30.3 Å². The Bertz CT molecular complexity index is 144. The number of Topliss-reactive ketones (excluding diaryl/α,β-unsaturated/α-hetero) is 1. The third-order valence-electron chi connectivity index (χ3n) is 2.28. The first-order chi connectivity index (χ1) is 4.61. The van der Waals surface area contributed by atoms with Gasteiger partial charge >= 0.3 is 0 Å². The Labute approximate surface area is 62.2 Å². The van der Waals surface area contributed by atoms with Crippen molar-refractivity contribution in [3.63, 3.8) is 0 Å². The number of piperidine rings is 1. The molecule has 58 valence electrons. The topological polar surface area (TPSA) is 20.3 Å². The van der Waals surface area contributed by atoms with Gasteiger partial charge in [-0.1, -0.05) is 6.92 Å². The highest BCUT2D eigenvalue weighted by molar-refractivity contribution is 5.84. The highest BCUT2D eigenvalue weighted by atomic mass is 16.1. The fraction of sp³-hybridized carbons (Fsp3) is 0.875. The van der Waals surface area contributed by atoms with E-state index in [9.17, 15) is 4.79 Å². The molecule has 0 spiro atoms. The van der Waals surface area contributed by atoms with Crippen molar-refractivity contribution in [3.05, 3.63) is 0 Å². The number of carbonyl (C=O) groups excluding carboxylic acids is 1. The Balaban J connectivity index is 2.57. The minimum atomic E-state index is 0.149. The predicted molar refractivity (Wildman–Crippen MR) is 40.9 cm³/mol. The molecule has 2 nitrogen and oxygen atoms in total. The SMILES string of the molecule is CC1CC(=O)C(C)N(C)C1. The quantitative estimate of drug-likeness (QED) is 0.500. The van der Waals surface area contributed by atoms with Gasteiger partial charge in [-0.2, -0.15) is 0 Å². The Hall–Kier alpha value is -0.370. The molecule has 0 N–H and O–H groups in total. The minimum absolute atomic E-state index is 0.149. The second kappa shape index (κ2) is 2.70. The number of carbonyl (C=O) groups is 1. The summed E-state index contributed by atoms with van der Waals surface area (Å²) in [5, 5.41) is 0. The van der Waals surface area contributed by atoms with Gasteiger partial charge in [-0.3, -0.25) is 9.69 Å². The molecule has 1 heterocycles. The third kappa shape index (κ3) is 1.37. The van der Waals surface area contributed by atoms with Crippen LogP contribution >= 0.6 is 0 Å². The van der Waals surface area contributed by atoms with Gasteiger partial charge in [0.1, 0.15) is 5.78 Å². The maximum atomic E-state index is 11.2. The fourth-order valence-electron chi connectivity index (χ4n) is 1.47. The van der Waals surface area contributed by atoms with E-state index in [1.807, 2.05) is 14.0 Å². The van der Waals surface area contributed by atoms with Gasteiger partial charge in [-0.25, -0.2) is 0 Å². The van der Waals surface area contributed by atoms with Gasteiger partial charge < -0.3 is 0 Å². The van der Waals surface area contributed by atoms with E-state index in [4.69, 9.17) is 0 Å². The normalized spacial score (nSPS) is 36.5. The van der Waals surface area contributed by atoms with E-state index in [1.165, 1.54) is 0 Å². The van der Waals surface area contributed by atoms with Crippen molar-refractivity contribution >= 4 is 5.78 Å². The lowest BCUT2D eigenvalue weighted by atomic mass is 9.94. The summed E-state index contributed by atoms with van der Waals surface area (Å²) in [6.07, 6.45) is 0.769. The van der Waals surface area contributed by atoms with Gasteiger partial charge in [0.05, 0.1) is 6.04 Å². The summed E-state index contributed by atoms with van der Waals surface area (Å²) < 4.78 is 0. The molecule has 0 aromatic heterocycles. The second-order valence-electron chi connectivity index (χ2n) is 3.39. The van der Waals surface area contributed by atoms with E-state index >= 15 is 0 Å². The van der Waals surface area contributed by atoms with Crippen LogP contribution in [0.25, 0.3) is 0 Å². The Morgan fingerprint density at radius 3 is 2.60 bits per heavy atom. The van der Waals surface area contributed by atoms with Crippen LogP contribution in [0.15, 0.2) is 0 Å². The van der Waals surface area contributed by atoms with Gasteiger partial charge in [-0.15, -0.1) is 0 Å². The predicted octanol–water partition coefficient (Wildman–Crippen LogP) is 0.916. The van der Waals surface area contributed by atoms with Gasteiger partial charge in [0.25, 0.3) is 0 Å². The van der Waals surface area contributed by atoms with Crippen molar-refractivity contribution in [2.24, 2.45) is 5.92 Å². The van der Waals surface area contributed by atoms with Crippen molar-refractivity contribution in [1.82, 2.24) is 4.90 Å². The van der Waals surface area contributed by atoms with Crippen LogP contribution in [0.4, 0.5) is 0 Å². The van der Waals surface area contributed by atoms with Crippen LogP contribution in [0.3, 0.4) is 0 Å². The van der Waals surface area contributed by atoms with Gasteiger partial charge in [-0.05, 0) is 19.9 Å². The highest BCUT2D eigenvalue weighted by Crippen LogP contribution is 2.15. The second-order valence-corrected chi connectivity index (χ2v) is 3.39. The average Bonchev–Trinajstić information content (AvgIpc) is 1.82. The first kappa shape index (κ1) is 7.73. The van der Waals surface area contributed by atoms with Crippen molar-refractivity contribution in [2.75, 3.05) is 13.6 Å². The van der Waals surface area contributed by atoms with E-state index in [-0.39, 0.29) is 6.04 Å². The molecule has 0 radical (unpaired) electrons. The molecule has 10 heavy (non-hydrogen) atoms. The van der Waals surface area contributed by atoms with E-state index in [1.54, 1.807) is 0 Å². The molecule has 0 aromatic carbocycles. The van der Waals surface area contributed by atoms with Gasteiger partial charge in [0.2, 0.25) is 0 Å². The van der Waals surface area contributed by atoms with Gasteiger partial charge in [0, 0.05) is 13.0 Å². The maximum absolute atomic E-state index is 11.2. The standard InChI is InChI=1S/C8H15NO/c1-6-4-8(10)7(2)9(3)5-6/h6-7H,4-5H2,1-3H3. The smallest absolute Gasteiger partial charge is 0.149 e. The number of hydrogen-bond acceptors (Lipinski definition) is 2. The number of likely N-dealkylation sites (tertiary alicyclic amines) is 1. The van der Waals surface area contributed by atoms with Crippen molar-refractivity contribution in [3.8, 4) is 0 Å². The molecule has 1 aliphatic rings. The molecule has 1 rings (SSSR count). The fourth-order valence-corrected chi connectivity index (χ4v) is 1.47. The molecule has 2 heteroatoms. The van der Waals surface area contributed by atoms with Gasteiger partial charge in [0.15, 0.2) is 0 Å². The molecule has 0 aromatic rings. The number of likely N-dealkylation sites (N-methyl/N-ethyl adjacent to an activating group) is 1. The maximum Gasteiger partial charge on any atom is 0.149 e. The average molecular weight is 141 g/mol. The molecular weight excluding hydrogens is 126 g/mol. The summed E-state index contributed by atoms with van der Waals surface area (Å²) >= 11 is 0. The molecule has 2 atom stereocenters. The van der Waals surface area contributed by atoms with E-state index in [0.717, 1.165) is 13.0 Å². The van der Waals surface area contributed by atoms with Crippen LogP contribution in [0, 0.1) is 5.92 Å². The Morgan fingerprint density at radius 2 is 2.10 bits per heavy atom. The molecular formula is C8H15NO. The summed E-state index contributed by atoms with van der Waals surface area (Å²) in [4.78, 5) is 13.3. The van der Waals surface area contributed by atoms with Crippen molar-refractivity contribution in [2.45, 2.75) is 26.3 Å². The number of hydrogen-bond donors (Lipinski definition) is 0. The largest absolute Gasteiger partial charge is 0.298 e. The summed E-state index contributed by atoms with van der Waals surface area (Å²) in [6.45, 7) is 5.17. The van der Waals surface area contributed by atoms with Crippen molar-refractivity contribution < 1.29 is 4.79 Å². The lowest BCUT2D eigenvalue weighted by molar-refractivity contribution is -0.127. The zero-order chi connectivity index (χ0) is 7.72. The lowest BCUT2D eigenvalue weighted by Crippen LogP contribution is -2.44. The monoisotopic (exact) mass is 141 g/mol. The number of ketones is 1.